The minimum absolute atomic E-state index is 0.301. The average Bonchev–Trinajstić information content (AvgIpc) is 3.58. The smallest absolute Gasteiger partial charge is 0.269 e. The molecular formula is C29H33ClN6O4S2. The summed E-state index contributed by atoms with van der Waals surface area (Å²) in [4.78, 5) is 25.6. The van der Waals surface area contributed by atoms with Crippen LogP contribution < -0.4 is 20.1 Å². The molecule has 2 N–H and O–H groups in total. The van der Waals surface area contributed by atoms with Gasteiger partial charge in [0.2, 0.25) is 10.3 Å². The second-order valence-electron chi connectivity index (χ2n) is 10.6. The van der Waals surface area contributed by atoms with Gasteiger partial charge in [0, 0.05) is 17.9 Å². The highest BCUT2D eigenvalue weighted by Gasteiger charge is 2.32. The molecule has 13 heteroatoms. The summed E-state index contributed by atoms with van der Waals surface area (Å²) >= 11 is 8.59. The van der Waals surface area contributed by atoms with Gasteiger partial charge in [-0.25, -0.2) is 0 Å². The second kappa shape index (κ2) is 13.6. The summed E-state index contributed by atoms with van der Waals surface area (Å²) in [7, 11) is 0. The maximum Gasteiger partial charge on any atom is 0.269 e. The van der Waals surface area contributed by atoms with Crippen LogP contribution in [0.1, 0.15) is 56.1 Å². The lowest BCUT2D eigenvalue weighted by molar-refractivity contribution is -0.129. The van der Waals surface area contributed by atoms with Gasteiger partial charge < -0.3 is 9.47 Å². The Morgan fingerprint density at radius 2 is 1.12 bits per heavy atom. The summed E-state index contributed by atoms with van der Waals surface area (Å²) in [6.45, 7) is 8.79. The van der Waals surface area contributed by atoms with E-state index in [1.807, 2.05) is 31.2 Å². The van der Waals surface area contributed by atoms with Gasteiger partial charge in [-0.15, -0.1) is 20.4 Å². The molecule has 0 unspecified atom stereocenters. The van der Waals surface area contributed by atoms with Crippen molar-refractivity contribution in [2.75, 3.05) is 10.6 Å². The van der Waals surface area contributed by atoms with E-state index in [-0.39, 0.29) is 11.8 Å². The molecule has 0 saturated carbocycles. The molecule has 222 valence electrons. The fourth-order valence-corrected chi connectivity index (χ4v) is 5.33. The normalized spacial score (nSPS) is 11.7. The SMILES string of the molecule is Cc1ccc(OC(C)(C)C(=O)Nc2nnc(CCCCc3nnc(NC(=O)C(C)(C)Oc4ccc(Cl)cc4)s3)s2)cc1. The molecule has 4 aromatic rings. The third-order valence-corrected chi connectivity index (χ3v) is 8.13. The summed E-state index contributed by atoms with van der Waals surface area (Å²) in [6.07, 6.45) is 3.14. The number of nitrogens with one attached hydrogen (secondary N) is 2. The van der Waals surface area contributed by atoms with E-state index < -0.39 is 11.2 Å². The molecule has 4 rings (SSSR count). The van der Waals surface area contributed by atoms with Gasteiger partial charge in [-0.05, 0) is 83.9 Å². The number of carbonyl (C=O) groups excluding carboxylic acids is 2. The highest BCUT2D eigenvalue weighted by Crippen LogP contribution is 2.25. The van der Waals surface area contributed by atoms with Crippen LogP contribution in [-0.4, -0.2) is 43.4 Å². The predicted octanol–water partition coefficient (Wildman–Crippen LogP) is 6.51. The van der Waals surface area contributed by atoms with Gasteiger partial charge in [0.25, 0.3) is 11.8 Å². The number of anilines is 2. The van der Waals surface area contributed by atoms with Crippen molar-refractivity contribution in [2.45, 2.75) is 71.5 Å². The van der Waals surface area contributed by atoms with Gasteiger partial charge in [-0.1, -0.05) is 52.0 Å². The Kier molecular flexibility index (Phi) is 10.1. The van der Waals surface area contributed by atoms with Gasteiger partial charge >= 0.3 is 0 Å². The number of benzene rings is 2. The van der Waals surface area contributed by atoms with Gasteiger partial charge in [0.1, 0.15) is 21.5 Å². The first-order valence-corrected chi connectivity index (χ1v) is 15.4. The van der Waals surface area contributed by atoms with E-state index in [0.717, 1.165) is 34.8 Å². The van der Waals surface area contributed by atoms with Crippen LogP contribution in [0.15, 0.2) is 48.5 Å². The number of halogens is 1. The number of aromatic nitrogens is 4. The summed E-state index contributed by atoms with van der Waals surface area (Å²) in [6, 6.07) is 14.4. The number of aryl methyl sites for hydroxylation is 3. The zero-order chi connectivity index (χ0) is 30.3. The monoisotopic (exact) mass is 628 g/mol. The third-order valence-electron chi connectivity index (χ3n) is 6.08. The van der Waals surface area contributed by atoms with Crippen molar-refractivity contribution in [2.24, 2.45) is 0 Å². The molecule has 0 aliphatic heterocycles. The van der Waals surface area contributed by atoms with Gasteiger partial charge in [0.15, 0.2) is 11.2 Å². The molecule has 0 saturated heterocycles. The van der Waals surface area contributed by atoms with Crippen LogP contribution in [0.4, 0.5) is 10.3 Å². The van der Waals surface area contributed by atoms with Crippen molar-refractivity contribution in [3.63, 3.8) is 0 Å². The number of carbonyl (C=O) groups is 2. The van der Waals surface area contributed by atoms with Crippen LogP contribution in [0.3, 0.4) is 0 Å². The lowest BCUT2D eigenvalue weighted by atomic mass is 10.1. The number of rotatable bonds is 13. The fourth-order valence-electron chi connectivity index (χ4n) is 3.65. The zero-order valence-electron chi connectivity index (χ0n) is 24.1. The summed E-state index contributed by atoms with van der Waals surface area (Å²) in [5, 5.41) is 25.3. The minimum atomic E-state index is -1.12. The van der Waals surface area contributed by atoms with E-state index in [0.29, 0.717) is 33.2 Å². The molecule has 2 amide bonds. The Balaban J connectivity index is 1.19. The number of hydrogen-bond donors (Lipinski definition) is 2. The Bertz CT molecular complexity index is 1390. The van der Waals surface area contributed by atoms with Crippen molar-refractivity contribution in [1.29, 1.82) is 0 Å². The average molecular weight is 629 g/mol. The lowest BCUT2D eigenvalue weighted by Gasteiger charge is -2.24. The van der Waals surface area contributed by atoms with E-state index in [9.17, 15) is 9.59 Å². The minimum Gasteiger partial charge on any atom is -0.478 e. The number of amides is 2. The van der Waals surface area contributed by atoms with Crippen molar-refractivity contribution >= 4 is 56.4 Å². The standard InChI is InChI=1S/C29H33ClN6O4S2/c1-18-10-14-20(15-11-18)39-28(2,3)24(37)31-26-35-33-22(41-26)8-6-7-9-23-34-36-27(42-23)32-25(38)29(4,5)40-21-16-12-19(30)13-17-21/h10-17H,6-9H2,1-5H3,(H,31,35,37)(H,32,36,38). The Morgan fingerprint density at radius 3 is 1.55 bits per heavy atom. The van der Waals surface area contributed by atoms with E-state index >= 15 is 0 Å². The molecule has 0 fully saturated rings. The quantitative estimate of drug-likeness (QED) is 0.160. The number of nitrogens with zero attached hydrogens (tertiary/aromatic N) is 4. The molecular weight excluding hydrogens is 596 g/mol. The maximum absolute atomic E-state index is 12.8. The largest absolute Gasteiger partial charge is 0.478 e. The molecule has 10 nitrogen and oxygen atoms in total. The van der Waals surface area contributed by atoms with Crippen LogP contribution in [0.2, 0.25) is 5.02 Å². The number of hydrogen-bond acceptors (Lipinski definition) is 10. The lowest BCUT2D eigenvalue weighted by Crippen LogP contribution is -2.42. The first-order chi connectivity index (χ1) is 19.9. The number of ether oxygens (including phenoxy) is 2. The maximum atomic E-state index is 12.8. The molecule has 2 aromatic heterocycles. The fraction of sp³-hybridized carbons (Fsp3) is 0.379. The number of unbranched alkanes of at least 4 members (excludes halogenated alkanes) is 1. The summed E-state index contributed by atoms with van der Waals surface area (Å²) in [5.74, 6) is 0.531. The Morgan fingerprint density at radius 1 is 0.714 bits per heavy atom. The van der Waals surface area contributed by atoms with Crippen LogP contribution in [0.5, 0.6) is 11.5 Å². The predicted molar refractivity (Wildman–Crippen MR) is 166 cm³/mol. The Labute approximate surface area is 257 Å². The summed E-state index contributed by atoms with van der Waals surface area (Å²) in [5.41, 5.74) is -1.09. The van der Waals surface area contributed by atoms with Gasteiger partial charge in [-0.3, -0.25) is 20.2 Å². The molecule has 0 aliphatic rings. The highest BCUT2D eigenvalue weighted by atomic mass is 35.5. The van der Waals surface area contributed by atoms with E-state index in [1.54, 1.807) is 52.0 Å². The van der Waals surface area contributed by atoms with Crippen molar-refractivity contribution < 1.29 is 19.1 Å². The van der Waals surface area contributed by atoms with Crippen LogP contribution in [-0.2, 0) is 22.4 Å². The van der Waals surface area contributed by atoms with Crippen molar-refractivity contribution in [3.8, 4) is 11.5 Å². The van der Waals surface area contributed by atoms with Gasteiger partial charge in [0.05, 0.1) is 0 Å². The molecule has 0 atom stereocenters. The third kappa shape index (κ3) is 8.94. The summed E-state index contributed by atoms with van der Waals surface area (Å²) < 4.78 is 11.7. The van der Waals surface area contributed by atoms with Crippen LogP contribution in [0, 0.1) is 6.92 Å². The van der Waals surface area contributed by atoms with Crippen LogP contribution >= 0.6 is 34.3 Å². The Hall–Kier alpha value is -3.61. The molecule has 42 heavy (non-hydrogen) atoms. The highest BCUT2D eigenvalue weighted by molar-refractivity contribution is 7.15. The molecule has 0 bridgehead atoms. The first kappa shape index (κ1) is 31.3. The molecule has 0 radical (unpaired) electrons. The van der Waals surface area contributed by atoms with Crippen molar-refractivity contribution in [3.05, 3.63) is 69.1 Å². The molecule has 0 spiro atoms. The zero-order valence-corrected chi connectivity index (χ0v) is 26.5. The van der Waals surface area contributed by atoms with Crippen LogP contribution in [0.25, 0.3) is 0 Å². The molecule has 2 heterocycles. The van der Waals surface area contributed by atoms with Crippen molar-refractivity contribution in [1.82, 2.24) is 20.4 Å². The van der Waals surface area contributed by atoms with E-state index in [1.165, 1.54) is 22.7 Å². The van der Waals surface area contributed by atoms with E-state index in [2.05, 4.69) is 31.0 Å². The molecule has 0 aliphatic carbocycles. The topological polar surface area (TPSA) is 128 Å². The second-order valence-corrected chi connectivity index (χ2v) is 13.2. The van der Waals surface area contributed by atoms with Gasteiger partial charge in [-0.2, -0.15) is 0 Å². The van der Waals surface area contributed by atoms with E-state index in [4.69, 9.17) is 21.1 Å². The molecule has 2 aromatic carbocycles. The first-order valence-electron chi connectivity index (χ1n) is 13.4.